The second kappa shape index (κ2) is 5.72. The fourth-order valence-corrected chi connectivity index (χ4v) is 1.85. The molecule has 0 bridgehead atoms. The van der Waals surface area contributed by atoms with Crippen LogP contribution in [0.15, 0.2) is 60.7 Å². The highest BCUT2D eigenvalue weighted by molar-refractivity contribution is 5.52. The Morgan fingerprint density at radius 3 is 2.21 bits per heavy atom. The summed E-state index contributed by atoms with van der Waals surface area (Å²) in [4.78, 5) is 0. The Morgan fingerprint density at radius 1 is 1.00 bits per heavy atom. The van der Waals surface area contributed by atoms with Gasteiger partial charge in [-0.2, -0.15) is 0 Å². The van der Waals surface area contributed by atoms with Crippen molar-refractivity contribution in [1.82, 2.24) is 0 Å². The van der Waals surface area contributed by atoms with Crippen molar-refractivity contribution in [2.24, 2.45) is 0 Å². The molecule has 1 atom stereocenters. The molecule has 2 rings (SSSR count). The summed E-state index contributed by atoms with van der Waals surface area (Å²) >= 11 is 0. The van der Waals surface area contributed by atoms with E-state index in [1.807, 2.05) is 60.7 Å². The SMILES string of the molecule is COc1ccc(/C=C/C(C)(O)c2ccccc2)cc1. The van der Waals surface area contributed by atoms with Crippen LogP contribution in [0.25, 0.3) is 6.08 Å². The van der Waals surface area contributed by atoms with Gasteiger partial charge in [0.2, 0.25) is 0 Å². The van der Waals surface area contributed by atoms with Gasteiger partial charge in [0.25, 0.3) is 0 Å². The summed E-state index contributed by atoms with van der Waals surface area (Å²) in [5.41, 5.74) is 0.929. The van der Waals surface area contributed by atoms with E-state index in [9.17, 15) is 5.11 Å². The van der Waals surface area contributed by atoms with Crippen molar-refractivity contribution in [1.29, 1.82) is 0 Å². The zero-order chi connectivity index (χ0) is 13.7. The van der Waals surface area contributed by atoms with Gasteiger partial charge in [0, 0.05) is 0 Å². The van der Waals surface area contributed by atoms with E-state index in [4.69, 9.17) is 4.74 Å². The molecule has 2 nitrogen and oxygen atoms in total. The molecule has 0 aromatic heterocycles. The van der Waals surface area contributed by atoms with E-state index >= 15 is 0 Å². The number of hydrogen-bond acceptors (Lipinski definition) is 2. The van der Waals surface area contributed by atoms with Crippen molar-refractivity contribution in [2.75, 3.05) is 7.11 Å². The third-order valence-corrected chi connectivity index (χ3v) is 3.07. The van der Waals surface area contributed by atoms with Gasteiger partial charge in [-0.05, 0) is 36.3 Å². The van der Waals surface area contributed by atoms with Crippen LogP contribution in [0.2, 0.25) is 0 Å². The number of aliphatic hydroxyl groups is 1. The maximum Gasteiger partial charge on any atom is 0.118 e. The second-order valence-corrected chi connectivity index (χ2v) is 4.62. The summed E-state index contributed by atoms with van der Waals surface area (Å²) < 4.78 is 5.11. The summed E-state index contributed by atoms with van der Waals surface area (Å²) in [5, 5.41) is 10.4. The Labute approximate surface area is 114 Å². The van der Waals surface area contributed by atoms with Crippen LogP contribution in [0.1, 0.15) is 18.1 Å². The summed E-state index contributed by atoms with van der Waals surface area (Å²) in [7, 11) is 1.64. The lowest BCUT2D eigenvalue weighted by molar-refractivity contribution is 0.112. The monoisotopic (exact) mass is 254 g/mol. The fraction of sp³-hybridized carbons (Fsp3) is 0.176. The van der Waals surface area contributed by atoms with Crippen LogP contribution in [0.4, 0.5) is 0 Å². The molecule has 2 heteroatoms. The maximum absolute atomic E-state index is 10.4. The van der Waals surface area contributed by atoms with Crippen LogP contribution in [0, 0.1) is 0 Å². The van der Waals surface area contributed by atoms with Gasteiger partial charge in [-0.25, -0.2) is 0 Å². The van der Waals surface area contributed by atoms with Gasteiger partial charge in [0.15, 0.2) is 0 Å². The van der Waals surface area contributed by atoms with E-state index < -0.39 is 5.60 Å². The Kier molecular flexibility index (Phi) is 4.03. The average Bonchev–Trinajstić information content (AvgIpc) is 2.47. The zero-order valence-corrected chi connectivity index (χ0v) is 11.2. The minimum absolute atomic E-state index is 0.826. The molecular formula is C17H18O2. The molecule has 0 radical (unpaired) electrons. The molecule has 0 spiro atoms. The van der Waals surface area contributed by atoms with Crippen LogP contribution in [-0.2, 0) is 5.60 Å². The van der Waals surface area contributed by atoms with Crippen LogP contribution in [-0.4, -0.2) is 12.2 Å². The third kappa shape index (κ3) is 3.46. The van der Waals surface area contributed by atoms with Crippen LogP contribution >= 0.6 is 0 Å². The lowest BCUT2D eigenvalue weighted by Crippen LogP contribution is -2.17. The number of methoxy groups -OCH3 is 1. The number of rotatable bonds is 4. The molecule has 0 amide bonds. The van der Waals surface area contributed by atoms with Gasteiger partial charge in [-0.1, -0.05) is 48.5 Å². The predicted octanol–water partition coefficient (Wildman–Crippen LogP) is 3.62. The fourth-order valence-electron chi connectivity index (χ4n) is 1.85. The van der Waals surface area contributed by atoms with Crippen molar-refractivity contribution in [3.8, 4) is 5.75 Å². The summed E-state index contributed by atoms with van der Waals surface area (Å²) in [6, 6.07) is 17.3. The molecule has 0 saturated heterocycles. The molecule has 0 aliphatic heterocycles. The summed E-state index contributed by atoms with van der Waals surface area (Å²) in [6.07, 6.45) is 3.70. The highest BCUT2D eigenvalue weighted by Crippen LogP contribution is 2.23. The molecule has 1 unspecified atom stereocenters. The van der Waals surface area contributed by atoms with Crippen molar-refractivity contribution in [3.05, 3.63) is 71.8 Å². The molecule has 0 heterocycles. The molecule has 1 N–H and O–H groups in total. The lowest BCUT2D eigenvalue weighted by Gasteiger charge is -2.19. The third-order valence-electron chi connectivity index (χ3n) is 3.07. The molecule has 0 saturated carbocycles. The van der Waals surface area contributed by atoms with Gasteiger partial charge in [0.1, 0.15) is 11.4 Å². The normalized spacial score (nSPS) is 14.3. The molecule has 0 aliphatic carbocycles. The first kappa shape index (κ1) is 13.4. The second-order valence-electron chi connectivity index (χ2n) is 4.62. The Morgan fingerprint density at radius 2 is 1.63 bits per heavy atom. The molecule has 2 aromatic rings. The maximum atomic E-state index is 10.4. The molecule has 2 aromatic carbocycles. The summed E-state index contributed by atoms with van der Waals surface area (Å²) in [6.45, 7) is 1.78. The Bertz CT molecular complexity index is 539. The van der Waals surface area contributed by atoms with E-state index in [-0.39, 0.29) is 0 Å². The minimum atomic E-state index is -0.971. The van der Waals surface area contributed by atoms with Crippen LogP contribution in [0.3, 0.4) is 0 Å². The topological polar surface area (TPSA) is 29.5 Å². The zero-order valence-electron chi connectivity index (χ0n) is 11.2. The smallest absolute Gasteiger partial charge is 0.118 e. The first-order valence-corrected chi connectivity index (χ1v) is 6.23. The van der Waals surface area contributed by atoms with Crippen molar-refractivity contribution in [2.45, 2.75) is 12.5 Å². The van der Waals surface area contributed by atoms with E-state index in [0.29, 0.717) is 0 Å². The van der Waals surface area contributed by atoms with Crippen LogP contribution < -0.4 is 4.74 Å². The van der Waals surface area contributed by atoms with Gasteiger partial charge < -0.3 is 9.84 Å². The number of benzene rings is 2. The molecule has 98 valence electrons. The average molecular weight is 254 g/mol. The predicted molar refractivity (Wildman–Crippen MR) is 78.0 cm³/mol. The van der Waals surface area contributed by atoms with E-state index in [2.05, 4.69) is 0 Å². The molecule has 19 heavy (non-hydrogen) atoms. The Hall–Kier alpha value is -2.06. The quantitative estimate of drug-likeness (QED) is 0.903. The van der Waals surface area contributed by atoms with E-state index in [1.54, 1.807) is 20.1 Å². The largest absolute Gasteiger partial charge is 0.497 e. The van der Waals surface area contributed by atoms with Crippen LogP contribution in [0.5, 0.6) is 5.75 Å². The van der Waals surface area contributed by atoms with Crippen molar-refractivity contribution >= 4 is 6.08 Å². The molecular weight excluding hydrogens is 236 g/mol. The van der Waals surface area contributed by atoms with Gasteiger partial charge in [-0.15, -0.1) is 0 Å². The highest BCUT2D eigenvalue weighted by atomic mass is 16.5. The van der Waals surface area contributed by atoms with Gasteiger partial charge in [0.05, 0.1) is 7.11 Å². The molecule has 0 fully saturated rings. The first-order chi connectivity index (χ1) is 9.12. The standard InChI is InChI=1S/C17H18O2/c1-17(18,15-6-4-3-5-7-15)13-12-14-8-10-16(19-2)11-9-14/h3-13,18H,1-2H3/b13-12+. The highest BCUT2D eigenvalue weighted by Gasteiger charge is 2.18. The molecule has 0 aliphatic rings. The van der Waals surface area contributed by atoms with Gasteiger partial charge >= 0.3 is 0 Å². The minimum Gasteiger partial charge on any atom is -0.497 e. The Balaban J connectivity index is 2.16. The summed E-state index contributed by atoms with van der Waals surface area (Å²) in [5.74, 6) is 0.826. The lowest BCUT2D eigenvalue weighted by atomic mass is 9.95. The van der Waals surface area contributed by atoms with Crippen molar-refractivity contribution in [3.63, 3.8) is 0 Å². The van der Waals surface area contributed by atoms with Gasteiger partial charge in [-0.3, -0.25) is 0 Å². The van der Waals surface area contributed by atoms with E-state index in [0.717, 1.165) is 16.9 Å². The van der Waals surface area contributed by atoms with E-state index in [1.165, 1.54) is 0 Å². The van der Waals surface area contributed by atoms with Crippen molar-refractivity contribution < 1.29 is 9.84 Å². The number of ether oxygens (including phenoxy) is 1. The first-order valence-electron chi connectivity index (χ1n) is 6.23. The number of hydrogen-bond donors (Lipinski definition) is 1.